The summed E-state index contributed by atoms with van der Waals surface area (Å²) in [5.41, 5.74) is 0.763. The van der Waals surface area contributed by atoms with E-state index in [2.05, 4.69) is 15.6 Å². The molecule has 1 fully saturated rings. The van der Waals surface area contributed by atoms with Crippen LogP contribution in [-0.4, -0.2) is 51.4 Å². The van der Waals surface area contributed by atoms with Crippen LogP contribution in [-0.2, 0) is 21.4 Å². The fourth-order valence-electron chi connectivity index (χ4n) is 3.08. The Bertz CT molecular complexity index is 786. The Kier molecular flexibility index (Phi) is 11.5. The van der Waals surface area contributed by atoms with Gasteiger partial charge in [-0.1, -0.05) is 18.6 Å². The zero-order chi connectivity index (χ0) is 20.4. The molecule has 1 aliphatic heterocycles. The lowest BCUT2D eigenvalue weighted by molar-refractivity contribution is -0.130. The van der Waals surface area contributed by atoms with Gasteiger partial charge in [-0.25, -0.2) is 18.5 Å². The molecule has 4 N–H and O–H groups in total. The highest BCUT2D eigenvalue weighted by Crippen LogP contribution is 2.12. The van der Waals surface area contributed by atoms with Gasteiger partial charge >= 0.3 is 0 Å². The minimum absolute atomic E-state index is 0. The van der Waals surface area contributed by atoms with Crippen molar-refractivity contribution in [2.45, 2.75) is 50.5 Å². The van der Waals surface area contributed by atoms with Crippen molar-refractivity contribution in [2.24, 2.45) is 10.1 Å². The van der Waals surface area contributed by atoms with Crippen molar-refractivity contribution in [1.82, 2.24) is 15.5 Å². The number of carbonyl (C=O) groups excluding carboxylic acids is 1. The Morgan fingerprint density at radius 2 is 2.03 bits per heavy atom. The Labute approximate surface area is 190 Å². The zero-order valence-electron chi connectivity index (χ0n) is 16.9. The fourth-order valence-corrected chi connectivity index (χ4v) is 3.67. The number of halogens is 1. The third-order valence-corrected chi connectivity index (χ3v) is 5.47. The van der Waals surface area contributed by atoms with Gasteiger partial charge in [-0.3, -0.25) is 4.79 Å². The van der Waals surface area contributed by atoms with Crippen LogP contribution in [0.15, 0.2) is 34.2 Å². The topological polar surface area (TPSA) is 117 Å². The van der Waals surface area contributed by atoms with E-state index in [0.29, 0.717) is 32.0 Å². The van der Waals surface area contributed by atoms with Gasteiger partial charge in [0.1, 0.15) is 0 Å². The molecule has 1 saturated heterocycles. The molecule has 0 unspecified atom stereocenters. The highest BCUT2D eigenvalue weighted by Gasteiger charge is 2.15. The number of sulfonamides is 1. The van der Waals surface area contributed by atoms with Crippen molar-refractivity contribution in [2.75, 3.05) is 26.2 Å². The van der Waals surface area contributed by atoms with E-state index in [1.165, 1.54) is 12.1 Å². The Morgan fingerprint density at radius 3 is 2.76 bits per heavy atom. The summed E-state index contributed by atoms with van der Waals surface area (Å²) in [6.45, 7) is 5.34. The van der Waals surface area contributed by atoms with Gasteiger partial charge in [0.25, 0.3) is 0 Å². The number of nitrogens with zero attached hydrogens (tertiary/aromatic N) is 2. The normalized spacial score (nSPS) is 15.4. The lowest BCUT2D eigenvalue weighted by Gasteiger charge is -2.20. The van der Waals surface area contributed by atoms with E-state index in [4.69, 9.17) is 5.14 Å². The first-order chi connectivity index (χ1) is 13.4. The molecular formula is C19H32IN5O3S. The molecule has 0 aromatic heterocycles. The molecular weight excluding hydrogens is 505 g/mol. The summed E-state index contributed by atoms with van der Waals surface area (Å²) < 4.78 is 22.9. The maximum absolute atomic E-state index is 12.0. The van der Waals surface area contributed by atoms with Crippen LogP contribution in [0, 0.1) is 0 Å². The van der Waals surface area contributed by atoms with Crippen LogP contribution in [0.4, 0.5) is 0 Å². The van der Waals surface area contributed by atoms with Crippen LogP contribution in [0.3, 0.4) is 0 Å². The van der Waals surface area contributed by atoms with Crippen molar-refractivity contribution in [3.05, 3.63) is 29.8 Å². The maximum Gasteiger partial charge on any atom is 0.238 e. The predicted molar refractivity (Wildman–Crippen MR) is 126 cm³/mol. The average molecular weight is 537 g/mol. The van der Waals surface area contributed by atoms with Gasteiger partial charge in [-0.15, -0.1) is 24.0 Å². The monoisotopic (exact) mass is 537 g/mol. The maximum atomic E-state index is 12.0. The number of carbonyl (C=O) groups is 1. The molecule has 0 spiro atoms. The van der Waals surface area contributed by atoms with Crippen molar-refractivity contribution >= 4 is 45.9 Å². The van der Waals surface area contributed by atoms with Crippen molar-refractivity contribution in [3.8, 4) is 0 Å². The molecule has 0 aliphatic carbocycles. The van der Waals surface area contributed by atoms with E-state index in [-0.39, 0.29) is 34.8 Å². The van der Waals surface area contributed by atoms with Gasteiger partial charge in [-0.2, -0.15) is 0 Å². The van der Waals surface area contributed by atoms with Crippen LogP contribution in [0.1, 0.15) is 44.6 Å². The molecule has 1 aromatic carbocycles. The molecule has 0 atom stereocenters. The average Bonchev–Trinajstić information content (AvgIpc) is 2.87. The molecule has 0 bridgehead atoms. The Morgan fingerprint density at radius 1 is 1.24 bits per heavy atom. The second kappa shape index (κ2) is 13.0. The summed E-state index contributed by atoms with van der Waals surface area (Å²) in [6.07, 6.45) is 4.72. The first kappa shape index (κ1) is 25.6. The number of guanidine groups is 1. The number of hydrogen-bond donors (Lipinski definition) is 3. The molecule has 2 rings (SSSR count). The van der Waals surface area contributed by atoms with Crippen LogP contribution in [0.2, 0.25) is 0 Å². The smallest absolute Gasteiger partial charge is 0.238 e. The SMILES string of the molecule is CCNC(=NCc1cccc(S(N)(=O)=O)c1)NCCCN1CCCCCC1=O.I. The molecule has 10 heteroatoms. The molecule has 164 valence electrons. The summed E-state index contributed by atoms with van der Waals surface area (Å²) in [5, 5.41) is 11.6. The zero-order valence-corrected chi connectivity index (χ0v) is 20.0. The second-order valence-corrected chi connectivity index (χ2v) is 8.42. The number of benzene rings is 1. The number of primary sulfonamides is 1. The minimum atomic E-state index is -3.72. The molecule has 8 nitrogen and oxygen atoms in total. The molecule has 1 amide bonds. The Balaban J connectivity index is 0.00000420. The molecule has 1 aliphatic rings. The summed E-state index contributed by atoms with van der Waals surface area (Å²) >= 11 is 0. The standard InChI is InChI=1S/C19H31N5O3S.HI/c1-2-21-19(22-11-7-13-24-12-5-3-4-10-18(24)25)23-15-16-8-6-9-17(14-16)28(20,26)27;/h6,8-9,14H,2-5,7,10-13,15H2,1H3,(H2,20,26,27)(H2,21,22,23);1H. The number of rotatable bonds is 8. The van der Waals surface area contributed by atoms with Crippen molar-refractivity contribution in [3.63, 3.8) is 0 Å². The Hall–Kier alpha value is -1.40. The summed E-state index contributed by atoms with van der Waals surface area (Å²) in [4.78, 5) is 18.6. The predicted octanol–water partition coefficient (Wildman–Crippen LogP) is 1.80. The first-order valence-electron chi connectivity index (χ1n) is 9.82. The highest BCUT2D eigenvalue weighted by molar-refractivity contribution is 14.0. The number of likely N-dealkylation sites (tertiary alicyclic amines) is 1. The quantitative estimate of drug-likeness (QED) is 0.202. The molecule has 0 radical (unpaired) electrons. The molecule has 1 heterocycles. The van der Waals surface area contributed by atoms with Gasteiger partial charge < -0.3 is 15.5 Å². The molecule has 29 heavy (non-hydrogen) atoms. The fraction of sp³-hybridized carbons (Fsp3) is 0.579. The van der Waals surface area contributed by atoms with Gasteiger partial charge in [0.05, 0.1) is 11.4 Å². The number of hydrogen-bond acceptors (Lipinski definition) is 4. The van der Waals surface area contributed by atoms with E-state index in [1.807, 2.05) is 17.9 Å². The number of amides is 1. The third kappa shape index (κ3) is 9.30. The second-order valence-electron chi connectivity index (χ2n) is 6.86. The van der Waals surface area contributed by atoms with Crippen molar-refractivity contribution < 1.29 is 13.2 Å². The van der Waals surface area contributed by atoms with Crippen LogP contribution >= 0.6 is 24.0 Å². The number of aliphatic imine (C=N–C) groups is 1. The van der Waals surface area contributed by atoms with Gasteiger partial charge in [0.15, 0.2) is 5.96 Å². The van der Waals surface area contributed by atoms with Gasteiger partial charge in [-0.05, 0) is 43.9 Å². The van der Waals surface area contributed by atoms with Crippen LogP contribution in [0.5, 0.6) is 0 Å². The molecule has 1 aromatic rings. The lowest BCUT2D eigenvalue weighted by Crippen LogP contribution is -2.39. The number of nitrogens with one attached hydrogen (secondary N) is 2. The summed E-state index contributed by atoms with van der Waals surface area (Å²) in [5.74, 6) is 0.915. The lowest BCUT2D eigenvalue weighted by atomic mass is 10.2. The molecule has 0 saturated carbocycles. The largest absolute Gasteiger partial charge is 0.357 e. The van der Waals surface area contributed by atoms with E-state index < -0.39 is 10.0 Å². The van der Waals surface area contributed by atoms with E-state index in [9.17, 15) is 13.2 Å². The minimum Gasteiger partial charge on any atom is -0.357 e. The first-order valence-corrected chi connectivity index (χ1v) is 11.4. The van der Waals surface area contributed by atoms with E-state index in [0.717, 1.165) is 44.3 Å². The van der Waals surface area contributed by atoms with Crippen molar-refractivity contribution in [1.29, 1.82) is 0 Å². The third-order valence-electron chi connectivity index (χ3n) is 4.56. The van der Waals surface area contributed by atoms with Gasteiger partial charge in [0.2, 0.25) is 15.9 Å². The van der Waals surface area contributed by atoms with E-state index in [1.54, 1.807) is 6.07 Å². The highest BCUT2D eigenvalue weighted by atomic mass is 127. The summed E-state index contributed by atoms with van der Waals surface area (Å²) in [6, 6.07) is 6.47. The number of nitrogens with two attached hydrogens (primary N) is 1. The summed E-state index contributed by atoms with van der Waals surface area (Å²) in [7, 11) is -3.72. The van der Waals surface area contributed by atoms with Crippen LogP contribution in [0.25, 0.3) is 0 Å². The van der Waals surface area contributed by atoms with E-state index >= 15 is 0 Å². The van der Waals surface area contributed by atoms with Gasteiger partial charge in [0, 0.05) is 32.6 Å². The van der Waals surface area contributed by atoms with Crippen LogP contribution < -0.4 is 15.8 Å².